The number of nitriles is 1. The van der Waals surface area contributed by atoms with Gasteiger partial charge in [-0.25, -0.2) is 0 Å². The summed E-state index contributed by atoms with van der Waals surface area (Å²) in [6, 6.07) is 2.89. The Kier molecular flexibility index (Phi) is 6.05. The van der Waals surface area contributed by atoms with Crippen LogP contribution in [0.1, 0.15) is 39.0 Å². The highest BCUT2D eigenvalue weighted by molar-refractivity contribution is 7.99. The Morgan fingerprint density at radius 2 is 2.36 bits per heavy atom. The summed E-state index contributed by atoms with van der Waals surface area (Å²) in [5.41, 5.74) is 0. The fraction of sp³-hybridized carbons (Fsp3) is 0.909. The Bertz CT molecular complexity index is 188. The molecule has 0 aliphatic heterocycles. The van der Waals surface area contributed by atoms with Crippen molar-refractivity contribution < 1.29 is 0 Å². The van der Waals surface area contributed by atoms with E-state index in [4.69, 9.17) is 5.26 Å². The lowest BCUT2D eigenvalue weighted by atomic mass is 10.2. The van der Waals surface area contributed by atoms with E-state index >= 15 is 0 Å². The molecule has 1 N–H and O–H groups in total. The summed E-state index contributed by atoms with van der Waals surface area (Å²) >= 11 is 2.08. The van der Waals surface area contributed by atoms with Crippen LogP contribution >= 0.6 is 11.8 Å². The predicted octanol–water partition coefficient (Wildman–Crippen LogP) is 2.55. The molecule has 0 aromatic carbocycles. The van der Waals surface area contributed by atoms with E-state index in [1.165, 1.54) is 25.0 Å². The van der Waals surface area contributed by atoms with Crippen LogP contribution in [0.15, 0.2) is 0 Å². The molecule has 0 aromatic rings. The van der Waals surface area contributed by atoms with Gasteiger partial charge in [0.1, 0.15) is 0 Å². The van der Waals surface area contributed by atoms with Crippen LogP contribution < -0.4 is 5.32 Å². The number of nitrogens with zero attached hydrogens (tertiary/aromatic N) is 1. The third-order valence-corrected chi connectivity index (χ3v) is 4.03. The summed E-state index contributed by atoms with van der Waals surface area (Å²) in [6.45, 7) is 3.24. The van der Waals surface area contributed by atoms with E-state index < -0.39 is 0 Å². The Morgan fingerprint density at radius 3 is 3.07 bits per heavy atom. The van der Waals surface area contributed by atoms with Gasteiger partial charge < -0.3 is 5.32 Å². The molecule has 2 nitrogen and oxygen atoms in total. The normalized spacial score (nSPS) is 26.3. The molecule has 14 heavy (non-hydrogen) atoms. The van der Waals surface area contributed by atoms with E-state index in [0.29, 0.717) is 12.5 Å². The monoisotopic (exact) mass is 212 g/mol. The first-order chi connectivity index (χ1) is 6.88. The molecule has 3 heteroatoms. The number of nitrogens with one attached hydrogen (secondary N) is 1. The van der Waals surface area contributed by atoms with Crippen LogP contribution in [0.2, 0.25) is 0 Å². The molecular weight excluding hydrogens is 192 g/mol. The molecule has 2 unspecified atom stereocenters. The van der Waals surface area contributed by atoms with Gasteiger partial charge in [-0.2, -0.15) is 17.0 Å². The third-order valence-electron chi connectivity index (χ3n) is 2.71. The van der Waals surface area contributed by atoms with Crippen LogP contribution in [-0.4, -0.2) is 23.6 Å². The van der Waals surface area contributed by atoms with E-state index in [1.807, 2.05) is 0 Å². The molecular formula is C11H20N2S. The molecule has 1 rings (SSSR count). The lowest BCUT2D eigenvalue weighted by molar-refractivity contribution is 0.525. The van der Waals surface area contributed by atoms with E-state index in [9.17, 15) is 0 Å². The molecule has 0 amide bonds. The SMILES string of the molecule is CCSC1CCCC1NCCCC#N. The van der Waals surface area contributed by atoms with Gasteiger partial charge in [0.2, 0.25) is 0 Å². The van der Waals surface area contributed by atoms with Gasteiger partial charge in [0.05, 0.1) is 6.07 Å². The molecule has 0 radical (unpaired) electrons. The van der Waals surface area contributed by atoms with Crippen molar-refractivity contribution in [1.82, 2.24) is 5.32 Å². The zero-order chi connectivity index (χ0) is 10.2. The molecule has 0 spiro atoms. The van der Waals surface area contributed by atoms with Crippen molar-refractivity contribution in [3.8, 4) is 6.07 Å². The summed E-state index contributed by atoms with van der Waals surface area (Å²) < 4.78 is 0. The van der Waals surface area contributed by atoms with E-state index in [1.54, 1.807) is 0 Å². The first kappa shape index (κ1) is 11.9. The van der Waals surface area contributed by atoms with Crippen LogP contribution in [-0.2, 0) is 0 Å². The van der Waals surface area contributed by atoms with Crippen LogP contribution in [0.3, 0.4) is 0 Å². The van der Waals surface area contributed by atoms with Crippen molar-refractivity contribution >= 4 is 11.8 Å². The summed E-state index contributed by atoms with van der Waals surface area (Å²) in [5, 5.41) is 12.8. The van der Waals surface area contributed by atoms with Gasteiger partial charge in [0, 0.05) is 17.7 Å². The molecule has 1 aliphatic carbocycles. The van der Waals surface area contributed by atoms with E-state index in [2.05, 4.69) is 30.1 Å². The van der Waals surface area contributed by atoms with Crippen molar-refractivity contribution in [1.29, 1.82) is 5.26 Å². The maximum Gasteiger partial charge on any atom is 0.0622 e. The second-order valence-corrected chi connectivity index (χ2v) is 5.26. The minimum atomic E-state index is 0.686. The fourth-order valence-electron chi connectivity index (χ4n) is 2.03. The molecule has 1 saturated carbocycles. The van der Waals surface area contributed by atoms with Crippen LogP contribution in [0.4, 0.5) is 0 Å². The van der Waals surface area contributed by atoms with Gasteiger partial charge in [0.25, 0.3) is 0 Å². The highest BCUT2D eigenvalue weighted by Crippen LogP contribution is 2.29. The Hall–Kier alpha value is -0.200. The van der Waals surface area contributed by atoms with Gasteiger partial charge in [-0.05, 0) is 31.6 Å². The summed E-state index contributed by atoms with van der Waals surface area (Å²) in [6.07, 6.45) is 5.74. The van der Waals surface area contributed by atoms with Crippen LogP contribution in [0, 0.1) is 11.3 Å². The second kappa shape index (κ2) is 7.14. The summed E-state index contributed by atoms with van der Waals surface area (Å²) in [5.74, 6) is 1.22. The number of hydrogen-bond donors (Lipinski definition) is 1. The van der Waals surface area contributed by atoms with Crippen molar-refractivity contribution in [2.75, 3.05) is 12.3 Å². The first-order valence-corrected chi connectivity index (χ1v) is 6.65. The Balaban J connectivity index is 2.13. The highest BCUT2D eigenvalue weighted by atomic mass is 32.2. The molecule has 1 fully saturated rings. The molecule has 2 atom stereocenters. The minimum Gasteiger partial charge on any atom is -0.313 e. The average molecular weight is 212 g/mol. The maximum atomic E-state index is 8.41. The summed E-state index contributed by atoms with van der Waals surface area (Å²) in [7, 11) is 0. The Labute approximate surface area is 91.4 Å². The van der Waals surface area contributed by atoms with Crippen molar-refractivity contribution in [2.24, 2.45) is 0 Å². The van der Waals surface area contributed by atoms with Crippen LogP contribution in [0.25, 0.3) is 0 Å². The fourth-order valence-corrected chi connectivity index (χ4v) is 3.25. The van der Waals surface area contributed by atoms with Crippen molar-refractivity contribution in [2.45, 2.75) is 50.3 Å². The Morgan fingerprint density at radius 1 is 1.50 bits per heavy atom. The van der Waals surface area contributed by atoms with E-state index in [-0.39, 0.29) is 0 Å². The molecule has 0 aromatic heterocycles. The standard InChI is InChI=1S/C11H20N2S/c1-2-14-11-7-5-6-10(11)13-9-4-3-8-12/h10-11,13H,2-7,9H2,1H3. The van der Waals surface area contributed by atoms with Crippen LogP contribution in [0.5, 0.6) is 0 Å². The maximum absolute atomic E-state index is 8.41. The first-order valence-electron chi connectivity index (χ1n) is 5.60. The van der Waals surface area contributed by atoms with E-state index in [0.717, 1.165) is 18.2 Å². The lowest BCUT2D eigenvalue weighted by Gasteiger charge is -2.19. The largest absolute Gasteiger partial charge is 0.313 e. The van der Waals surface area contributed by atoms with Gasteiger partial charge >= 0.3 is 0 Å². The quantitative estimate of drug-likeness (QED) is 0.687. The van der Waals surface area contributed by atoms with Crippen molar-refractivity contribution in [3.63, 3.8) is 0 Å². The van der Waals surface area contributed by atoms with Gasteiger partial charge in [-0.15, -0.1) is 0 Å². The molecule has 0 heterocycles. The predicted molar refractivity (Wildman–Crippen MR) is 62.4 cm³/mol. The minimum absolute atomic E-state index is 0.686. The van der Waals surface area contributed by atoms with Gasteiger partial charge in [0.15, 0.2) is 0 Å². The number of rotatable bonds is 6. The number of unbranched alkanes of at least 4 members (excludes halogenated alkanes) is 1. The molecule has 0 saturated heterocycles. The third kappa shape index (κ3) is 3.89. The second-order valence-electron chi connectivity index (χ2n) is 3.75. The number of hydrogen-bond acceptors (Lipinski definition) is 3. The van der Waals surface area contributed by atoms with Gasteiger partial charge in [-0.1, -0.05) is 13.3 Å². The smallest absolute Gasteiger partial charge is 0.0622 e. The van der Waals surface area contributed by atoms with Gasteiger partial charge in [-0.3, -0.25) is 0 Å². The molecule has 1 aliphatic rings. The zero-order valence-electron chi connectivity index (χ0n) is 8.96. The summed E-state index contributed by atoms with van der Waals surface area (Å²) in [4.78, 5) is 0. The zero-order valence-corrected chi connectivity index (χ0v) is 9.78. The topological polar surface area (TPSA) is 35.8 Å². The average Bonchev–Trinajstić information content (AvgIpc) is 2.61. The number of thioether (sulfide) groups is 1. The molecule has 0 bridgehead atoms. The highest BCUT2D eigenvalue weighted by Gasteiger charge is 2.25. The molecule has 80 valence electrons. The lowest BCUT2D eigenvalue weighted by Crippen LogP contribution is -2.34. The van der Waals surface area contributed by atoms with Crippen molar-refractivity contribution in [3.05, 3.63) is 0 Å².